The molecule has 14 heavy (non-hydrogen) atoms. The third kappa shape index (κ3) is 1.98. The van der Waals surface area contributed by atoms with E-state index in [9.17, 15) is 4.79 Å². The molecule has 1 aliphatic rings. The van der Waals surface area contributed by atoms with Gasteiger partial charge < -0.3 is 5.73 Å². The van der Waals surface area contributed by atoms with Crippen LogP contribution in [0.25, 0.3) is 0 Å². The molecule has 78 valence electrons. The van der Waals surface area contributed by atoms with Crippen LogP contribution in [0, 0.1) is 5.41 Å². The standard InChI is InChI=1S/C9H12N2OS.BrH/c1-9(2)3-5-7(6(12)4-9)13-8(10)11-5;/h3-4H2,1-2H3,(H2,10,11);1H. The minimum Gasteiger partial charge on any atom is -0.375 e. The Morgan fingerprint density at radius 3 is 2.71 bits per heavy atom. The molecule has 2 N–H and O–H groups in total. The van der Waals surface area contributed by atoms with Crippen LogP contribution in [-0.2, 0) is 6.42 Å². The smallest absolute Gasteiger partial charge is 0.180 e. The Balaban J connectivity index is 0.000000980. The maximum Gasteiger partial charge on any atom is 0.180 e. The quantitative estimate of drug-likeness (QED) is 0.792. The molecule has 0 aliphatic heterocycles. The minimum absolute atomic E-state index is 0. The van der Waals surface area contributed by atoms with Crippen LogP contribution in [0.15, 0.2) is 0 Å². The van der Waals surface area contributed by atoms with Gasteiger partial charge in [0.05, 0.1) is 10.6 Å². The van der Waals surface area contributed by atoms with Gasteiger partial charge in [0.15, 0.2) is 10.9 Å². The molecule has 2 rings (SSSR count). The fourth-order valence-corrected chi connectivity index (χ4v) is 2.53. The molecule has 0 saturated carbocycles. The summed E-state index contributed by atoms with van der Waals surface area (Å²) >= 11 is 1.32. The van der Waals surface area contributed by atoms with Crippen molar-refractivity contribution in [1.82, 2.24) is 4.98 Å². The summed E-state index contributed by atoms with van der Waals surface area (Å²) < 4.78 is 0. The zero-order chi connectivity index (χ0) is 9.64. The third-order valence-electron chi connectivity index (χ3n) is 2.25. The number of fused-ring (bicyclic) bond motifs is 1. The van der Waals surface area contributed by atoms with Crippen molar-refractivity contribution >= 4 is 39.2 Å². The van der Waals surface area contributed by atoms with Crippen LogP contribution >= 0.6 is 28.3 Å². The van der Waals surface area contributed by atoms with E-state index in [0.717, 1.165) is 17.0 Å². The topological polar surface area (TPSA) is 56.0 Å². The maximum absolute atomic E-state index is 11.6. The summed E-state index contributed by atoms with van der Waals surface area (Å²) in [6.07, 6.45) is 1.48. The van der Waals surface area contributed by atoms with Crippen molar-refractivity contribution < 1.29 is 4.79 Å². The van der Waals surface area contributed by atoms with Crippen LogP contribution < -0.4 is 5.73 Å². The number of anilines is 1. The molecule has 0 aromatic carbocycles. The first-order chi connectivity index (χ1) is 5.98. The summed E-state index contributed by atoms with van der Waals surface area (Å²) in [7, 11) is 0. The number of hydrogen-bond donors (Lipinski definition) is 1. The SMILES string of the molecule is Br.CC1(C)CC(=O)c2sc(N)nc2C1. The predicted octanol–water partition coefficient (Wildman–Crippen LogP) is 2.46. The molecule has 0 atom stereocenters. The van der Waals surface area contributed by atoms with Gasteiger partial charge in [-0.25, -0.2) is 4.98 Å². The van der Waals surface area contributed by atoms with E-state index in [1.165, 1.54) is 11.3 Å². The molecule has 1 aliphatic carbocycles. The summed E-state index contributed by atoms with van der Waals surface area (Å²) in [4.78, 5) is 16.6. The highest BCUT2D eigenvalue weighted by Gasteiger charge is 2.33. The second-order valence-electron chi connectivity index (χ2n) is 4.27. The zero-order valence-electron chi connectivity index (χ0n) is 8.16. The van der Waals surface area contributed by atoms with Gasteiger partial charge >= 0.3 is 0 Å². The lowest BCUT2D eigenvalue weighted by molar-refractivity contribution is 0.0916. The first-order valence-electron chi connectivity index (χ1n) is 4.26. The molecule has 0 radical (unpaired) electrons. The van der Waals surface area contributed by atoms with Crippen LogP contribution in [0.4, 0.5) is 5.13 Å². The second-order valence-corrected chi connectivity index (χ2v) is 5.30. The van der Waals surface area contributed by atoms with Crippen LogP contribution in [0.5, 0.6) is 0 Å². The maximum atomic E-state index is 11.6. The summed E-state index contributed by atoms with van der Waals surface area (Å²) in [5.41, 5.74) is 6.50. The van der Waals surface area contributed by atoms with Crippen molar-refractivity contribution in [2.75, 3.05) is 5.73 Å². The van der Waals surface area contributed by atoms with Gasteiger partial charge in [-0.3, -0.25) is 4.79 Å². The minimum atomic E-state index is 0. The highest BCUT2D eigenvalue weighted by Crippen LogP contribution is 2.37. The molecule has 3 nitrogen and oxygen atoms in total. The normalized spacial score (nSPS) is 18.6. The van der Waals surface area contributed by atoms with Crippen molar-refractivity contribution in [1.29, 1.82) is 0 Å². The van der Waals surface area contributed by atoms with Gasteiger partial charge in [-0.15, -0.1) is 17.0 Å². The number of nitrogens with zero attached hydrogens (tertiary/aromatic N) is 1. The molecule has 1 heterocycles. The van der Waals surface area contributed by atoms with E-state index in [-0.39, 0.29) is 28.2 Å². The molecule has 0 spiro atoms. The Morgan fingerprint density at radius 1 is 1.43 bits per heavy atom. The van der Waals surface area contributed by atoms with Crippen LogP contribution in [0.3, 0.4) is 0 Å². The lowest BCUT2D eigenvalue weighted by atomic mass is 9.78. The molecule has 5 heteroatoms. The lowest BCUT2D eigenvalue weighted by Crippen LogP contribution is -2.25. The first-order valence-corrected chi connectivity index (χ1v) is 5.08. The predicted molar refractivity (Wildman–Crippen MR) is 63.3 cm³/mol. The van der Waals surface area contributed by atoms with Crippen molar-refractivity contribution in [2.24, 2.45) is 5.41 Å². The summed E-state index contributed by atoms with van der Waals surface area (Å²) in [5, 5.41) is 0.510. The molecule has 0 saturated heterocycles. The van der Waals surface area contributed by atoms with Crippen molar-refractivity contribution in [2.45, 2.75) is 26.7 Å². The number of rotatable bonds is 0. The van der Waals surface area contributed by atoms with E-state index >= 15 is 0 Å². The number of carbonyl (C=O) groups excluding carboxylic acids is 1. The van der Waals surface area contributed by atoms with Crippen LogP contribution in [0.1, 0.15) is 35.6 Å². The molecule has 0 unspecified atom stereocenters. The van der Waals surface area contributed by atoms with Crippen molar-refractivity contribution in [3.05, 3.63) is 10.6 Å². The number of aromatic nitrogens is 1. The van der Waals surface area contributed by atoms with Gasteiger partial charge in [0.1, 0.15) is 0 Å². The number of Topliss-reactive ketones (excluding diaryl/α,β-unsaturated/α-hetero) is 1. The van der Waals surface area contributed by atoms with Crippen LogP contribution in [0.2, 0.25) is 0 Å². The van der Waals surface area contributed by atoms with E-state index in [1.54, 1.807) is 0 Å². The monoisotopic (exact) mass is 276 g/mol. The van der Waals surface area contributed by atoms with E-state index in [1.807, 2.05) is 0 Å². The van der Waals surface area contributed by atoms with Gasteiger partial charge in [-0.05, 0) is 11.8 Å². The number of ketones is 1. The van der Waals surface area contributed by atoms with Gasteiger partial charge in [-0.1, -0.05) is 25.2 Å². The number of nitrogens with two attached hydrogens (primary N) is 1. The Labute approximate surface area is 97.5 Å². The molecule has 0 amide bonds. The zero-order valence-corrected chi connectivity index (χ0v) is 10.7. The summed E-state index contributed by atoms with van der Waals surface area (Å²) in [6, 6.07) is 0. The highest BCUT2D eigenvalue weighted by molar-refractivity contribution is 8.93. The Morgan fingerprint density at radius 2 is 2.07 bits per heavy atom. The van der Waals surface area contributed by atoms with Crippen LogP contribution in [-0.4, -0.2) is 10.8 Å². The van der Waals surface area contributed by atoms with Gasteiger partial charge in [-0.2, -0.15) is 0 Å². The lowest BCUT2D eigenvalue weighted by Gasteiger charge is -2.26. The van der Waals surface area contributed by atoms with Crippen molar-refractivity contribution in [3.8, 4) is 0 Å². The Kier molecular flexibility index (Phi) is 3.02. The van der Waals surface area contributed by atoms with Gasteiger partial charge in [0.25, 0.3) is 0 Å². The first kappa shape index (κ1) is 11.7. The third-order valence-corrected chi connectivity index (χ3v) is 3.22. The Bertz CT molecular complexity index is 373. The molecule has 1 aromatic heterocycles. The number of halogens is 1. The highest BCUT2D eigenvalue weighted by atomic mass is 79.9. The fourth-order valence-electron chi connectivity index (χ4n) is 1.74. The largest absolute Gasteiger partial charge is 0.375 e. The average molecular weight is 277 g/mol. The molecular formula is C9H13BrN2OS. The molecule has 1 aromatic rings. The molecule has 0 bridgehead atoms. The molecule has 0 fully saturated rings. The van der Waals surface area contributed by atoms with E-state index in [0.29, 0.717) is 11.6 Å². The second kappa shape index (κ2) is 3.62. The van der Waals surface area contributed by atoms with E-state index in [2.05, 4.69) is 18.8 Å². The summed E-state index contributed by atoms with van der Waals surface area (Å²) in [6.45, 7) is 4.17. The number of hydrogen-bond acceptors (Lipinski definition) is 4. The number of thiazole rings is 1. The van der Waals surface area contributed by atoms with Gasteiger partial charge in [0.2, 0.25) is 0 Å². The fraction of sp³-hybridized carbons (Fsp3) is 0.556. The number of carbonyl (C=O) groups is 1. The van der Waals surface area contributed by atoms with Gasteiger partial charge in [0, 0.05) is 6.42 Å². The van der Waals surface area contributed by atoms with E-state index in [4.69, 9.17) is 5.73 Å². The summed E-state index contributed by atoms with van der Waals surface area (Å²) in [5.74, 6) is 0.195. The molecular weight excluding hydrogens is 264 g/mol. The Hall–Kier alpha value is -0.420. The van der Waals surface area contributed by atoms with Crippen molar-refractivity contribution in [3.63, 3.8) is 0 Å². The van der Waals surface area contributed by atoms with E-state index < -0.39 is 0 Å². The number of nitrogen functional groups attached to an aromatic ring is 1. The average Bonchev–Trinajstić information content (AvgIpc) is 2.27.